The lowest BCUT2D eigenvalue weighted by Gasteiger charge is -2.44. The molecule has 2 aromatic rings. The molecule has 0 saturated carbocycles. The Morgan fingerprint density at radius 1 is 1.03 bits per heavy atom. The highest BCUT2D eigenvalue weighted by molar-refractivity contribution is 5.78. The molecular formula is C22H24F4N2O3. The van der Waals surface area contributed by atoms with Gasteiger partial charge in [0.25, 0.3) is 5.91 Å². The number of benzene rings is 2. The zero-order chi connectivity index (χ0) is 22.6. The van der Waals surface area contributed by atoms with E-state index in [1.807, 2.05) is 13.8 Å². The van der Waals surface area contributed by atoms with Crippen LogP contribution < -0.4 is 9.47 Å². The zero-order valence-electron chi connectivity index (χ0n) is 17.2. The number of hydrogen-bond acceptors (Lipinski definition) is 4. The topological polar surface area (TPSA) is 42.0 Å². The fourth-order valence-electron chi connectivity index (χ4n) is 3.58. The van der Waals surface area contributed by atoms with Gasteiger partial charge in [-0.1, -0.05) is 18.2 Å². The van der Waals surface area contributed by atoms with Gasteiger partial charge in [-0.3, -0.25) is 9.69 Å². The van der Waals surface area contributed by atoms with E-state index in [1.165, 1.54) is 24.3 Å². The molecule has 1 fully saturated rings. The number of halogens is 4. The van der Waals surface area contributed by atoms with E-state index in [9.17, 15) is 22.4 Å². The van der Waals surface area contributed by atoms with Gasteiger partial charge < -0.3 is 14.4 Å². The summed E-state index contributed by atoms with van der Waals surface area (Å²) in [6.45, 7) is 5.43. The lowest BCUT2D eigenvalue weighted by atomic mass is 10.1. The Labute approximate surface area is 178 Å². The fourth-order valence-corrected chi connectivity index (χ4v) is 3.58. The first kappa shape index (κ1) is 22.9. The summed E-state index contributed by atoms with van der Waals surface area (Å²) < 4.78 is 59.4. The van der Waals surface area contributed by atoms with Crippen LogP contribution in [0.4, 0.5) is 17.6 Å². The molecule has 0 radical (unpaired) electrons. The number of hydrogen-bond donors (Lipinski definition) is 0. The highest BCUT2D eigenvalue weighted by atomic mass is 19.4. The van der Waals surface area contributed by atoms with Gasteiger partial charge in [0, 0.05) is 37.8 Å². The van der Waals surface area contributed by atoms with Crippen LogP contribution in [0.5, 0.6) is 11.5 Å². The van der Waals surface area contributed by atoms with Crippen molar-refractivity contribution >= 4 is 5.91 Å². The molecule has 0 N–H and O–H groups in total. The first-order chi connectivity index (χ1) is 14.6. The molecule has 1 aliphatic heterocycles. The Morgan fingerprint density at radius 2 is 1.71 bits per heavy atom. The second-order valence-corrected chi connectivity index (χ2v) is 7.61. The predicted molar refractivity (Wildman–Crippen MR) is 106 cm³/mol. The number of nitrogens with zero attached hydrogens (tertiary/aromatic N) is 2. The van der Waals surface area contributed by atoms with Crippen LogP contribution in [0.1, 0.15) is 19.4 Å². The summed E-state index contributed by atoms with van der Waals surface area (Å²) in [5.74, 6) is -0.821. The number of carbonyl (C=O) groups is 1. The van der Waals surface area contributed by atoms with Crippen molar-refractivity contribution in [2.24, 2.45) is 0 Å². The molecule has 2 atom stereocenters. The van der Waals surface area contributed by atoms with Crippen LogP contribution in [-0.2, 0) is 11.3 Å². The lowest BCUT2D eigenvalue weighted by molar-refractivity contribution is -0.274. The standard InChI is InChI=1S/C22H24F4N2O3/c1-15-12-28(16(2)11-27(15)13-17-6-8-18(23)9-7-17)21(29)14-30-19-4-3-5-20(10-19)31-22(24,25)26/h3-10,15-16H,11-14H2,1-2H3. The van der Waals surface area contributed by atoms with E-state index in [4.69, 9.17) is 4.74 Å². The minimum Gasteiger partial charge on any atom is -0.484 e. The molecule has 1 amide bonds. The average Bonchev–Trinajstić information content (AvgIpc) is 2.69. The summed E-state index contributed by atoms with van der Waals surface area (Å²) in [7, 11) is 0. The van der Waals surface area contributed by atoms with Crippen LogP contribution >= 0.6 is 0 Å². The summed E-state index contributed by atoms with van der Waals surface area (Å²) in [6, 6.07) is 11.4. The molecule has 9 heteroatoms. The van der Waals surface area contributed by atoms with Crippen molar-refractivity contribution in [2.75, 3.05) is 19.7 Å². The number of ether oxygens (including phenoxy) is 2. The quantitative estimate of drug-likeness (QED) is 0.631. The molecule has 31 heavy (non-hydrogen) atoms. The van der Waals surface area contributed by atoms with Crippen LogP contribution in [0.2, 0.25) is 0 Å². The monoisotopic (exact) mass is 440 g/mol. The van der Waals surface area contributed by atoms with Crippen LogP contribution in [0.15, 0.2) is 48.5 Å². The van der Waals surface area contributed by atoms with Crippen LogP contribution in [-0.4, -0.2) is 53.8 Å². The second-order valence-electron chi connectivity index (χ2n) is 7.61. The third-order valence-corrected chi connectivity index (χ3v) is 5.14. The number of carbonyl (C=O) groups excluding carboxylic acids is 1. The first-order valence-electron chi connectivity index (χ1n) is 9.87. The Morgan fingerprint density at radius 3 is 2.39 bits per heavy atom. The highest BCUT2D eigenvalue weighted by Gasteiger charge is 2.33. The summed E-state index contributed by atoms with van der Waals surface area (Å²) in [4.78, 5) is 16.6. The molecule has 0 bridgehead atoms. The van der Waals surface area contributed by atoms with Crippen LogP contribution in [0, 0.1) is 5.82 Å². The fraction of sp³-hybridized carbons (Fsp3) is 0.409. The number of amides is 1. The summed E-state index contributed by atoms with van der Waals surface area (Å²) in [5, 5.41) is 0. The molecule has 2 unspecified atom stereocenters. The normalized spacial score (nSPS) is 19.9. The number of piperazine rings is 1. The summed E-state index contributed by atoms with van der Waals surface area (Å²) >= 11 is 0. The highest BCUT2D eigenvalue weighted by Crippen LogP contribution is 2.26. The van der Waals surface area contributed by atoms with Crippen molar-refractivity contribution in [3.05, 3.63) is 59.9 Å². The molecule has 168 valence electrons. The Kier molecular flexibility index (Phi) is 7.04. The Hall–Kier alpha value is -2.81. The SMILES string of the molecule is CC1CN(C(=O)COc2cccc(OC(F)(F)F)c2)C(C)CN1Cc1ccc(F)cc1. The van der Waals surface area contributed by atoms with Gasteiger partial charge in [0.2, 0.25) is 0 Å². The maximum Gasteiger partial charge on any atom is 0.573 e. The average molecular weight is 440 g/mol. The number of rotatable bonds is 6. The van der Waals surface area contributed by atoms with Gasteiger partial charge >= 0.3 is 6.36 Å². The van der Waals surface area contributed by atoms with E-state index >= 15 is 0 Å². The lowest BCUT2D eigenvalue weighted by Crippen LogP contribution is -2.58. The third kappa shape index (κ3) is 6.58. The Bertz CT molecular complexity index is 889. The first-order valence-corrected chi connectivity index (χ1v) is 9.87. The Balaban J connectivity index is 1.54. The van der Waals surface area contributed by atoms with Gasteiger partial charge in [-0.05, 0) is 43.7 Å². The van der Waals surface area contributed by atoms with Gasteiger partial charge in [0.05, 0.1) is 0 Å². The van der Waals surface area contributed by atoms with Gasteiger partial charge in [-0.15, -0.1) is 13.2 Å². The molecule has 0 aromatic heterocycles. The maximum absolute atomic E-state index is 13.1. The molecule has 0 spiro atoms. The summed E-state index contributed by atoms with van der Waals surface area (Å²) in [5.41, 5.74) is 0.990. The molecule has 3 rings (SSSR count). The van der Waals surface area contributed by atoms with E-state index in [0.29, 0.717) is 19.6 Å². The zero-order valence-corrected chi connectivity index (χ0v) is 17.2. The van der Waals surface area contributed by atoms with E-state index in [-0.39, 0.29) is 36.2 Å². The van der Waals surface area contributed by atoms with Crippen molar-refractivity contribution < 1.29 is 31.8 Å². The molecule has 5 nitrogen and oxygen atoms in total. The van der Waals surface area contributed by atoms with Gasteiger partial charge in [0.1, 0.15) is 17.3 Å². The minimum absolute atomic E-state index is 0.0763. The van der Waals surface area contributed by atoms with Crippen molar-refractivity contribution in [1.29, 1.82) is 0 Å². The van der Waals surface area contributed by atoms with Gasteiger partial charge in [-0.2, -0.15) is 0 Å². The number of alkyl halides is 3. The molecule has 2 aromatic carbocycles. The molecule has 0 aliphatic carbocycles. The maximum atomic E-state index is 13.1. The van der Waals surface area contributed by atoms with E-state index in [0.717, 1.165) is 17.7 Å². The van der Waals surface area contributed by atoms with Crippen LogP contribution in [0.3, 0.4) is 0 Å². The smallest absolute Gasteiger partial charge is 0.484 e. The molecule has 1 heterocycles. The van der Waals surface area contributed by atoms with E-state index < -0.39 is 12.1 Å². The van der Waals surface area contributed by atoms with Crippen LogP contribution in [0.25, 0.3) is 0 Å². The van der Waals surface area contributed by atoms with E-state index in [2.05, 4.69) is 9.64 Å². The van der Waals surface area contributed by atoms with Crippen molar-refractivity contribution in [3.8, 4) is 11.5 Å². The molecule has 1 saturated heterocycles. The van der Waals surface area contributed by atoms with Gasteiger partial charge in [0.15, 0.2) is 6.61 Å². The van der Waals surface area contributed by atoms with Crippen molar-refractivity contribution in [1.82, 2.24) is 9.80 Å². The summed E-state index contributed by atoms with van der Waals surface area (Å²) in [6.07, 6.45) is -4.80. The van der Waals surface area contributed by atoms with Gasteiger partial charge in [-0.25, -0.2) is 4.39 Å². The largest absolute Gasteiger partial charge is 0.573 e. The minimum atomic E-state index is -4.80. The van der Waals surface area contributed by atoms with Crippen molar-refractivity contribution in [2.45, 2.75) is 38.8 Å². The van der Waals surface area contributed by atoms with E-state index in [1.54, 1.807) is 17.0 Å². The second kappa shape index (κ2) is 9.55. The molecular weight excluding hydrogens is 416 g/mol. The predicted octanol–water partition coefficient (Wildman–Crippen LogP) is 4.22. The molecule has 1 aliphatic rings. The van der Waals surface area contributed by atoms with Crippen molar-refractivity contribution in [3.63, 3.8) is 0 Å². The third-order valence-electron chi connectivity index (χ3n) is 5.14.